The standard InChI is InChI=1S/C25H13N3O5S/c26-13-17(11-19-8-9-23(32-19)15-5-3-6-18(10-15)28(30)31)24-27-21(14-34-24)20-12-16-4-1-2-7-22(16)33-25(20)29/h1-12,14H. The number of aromatic nitrogens is 1. The number of hydrogen-bond acceptors (Lipinski definition) is 8. The minimum atomic E-state index is -0.509. The van der Waals surface area contributed by atoms with Crippen molar-refractivity contribution in [3.05, 3.63) is 103 Å². The molecule has 0 aliphatic heterocycles. The smallest absolute Gasteiger partial charge is 0.345 e. The molecule has 0 aliphatic carbocycles. The van der Waals surface area contributed by atoms with E-state index in [1.807, 2.05) is 12.1 Å². The molecular formula is C25H13N3O5S. The average molecular weight is 467 g/mol. The molecule has 8 nitrogen and oxygen atoms in total. The van der Waals surface area contributed by atoms with Crippen LogP contribution in [0.3, 0.4) is 0 Å². The summed E-state index contributed by atoms with van der Waals surface area (Å²) in [7, 11) is 0. The second-order valence-corrected chi connectivity index (χ2v) is 8.06. The third kappa shape index (κ3) is 4.01. The van der Waals surface area contributed by atoms with Crippen LogP contribution in [0.1, 0.15) is 10.8 Å². The first kappa shape index (κ1) is 21.1. The van der Waals surface area contributed by atoms with Crippen LogP contribution in [-0.4, -0.2) is 9.91 Å². The minimum absolute atomic E-state index is 0.0443. The van der Waals surface area contributed by atoms with Gasteiger partial charge in [0.05, 0.1) is 21.8 Å². The highest BCUT2D eigenvalue weighted by Crippen LogP contribution is 2.30. The van der Waals surface area contributed by atoms with Gasteiger partial charge in [0.1, 0.15) is 28.2 Å². The van der Waals surface area contributed by atoms with E-state index in [0.29, 0.717) is 38.9 Å². The van der Waals surface area contributed by atoms with Gasteiger partial charge in [0.2, 0.25) is 0 Å². The van der Waals surface area contributed by atoms with Gasteiger partial charge in [0.15, 0.2) is 0 Å². The summed E-state index contributed by atoms with van der Waals surface area (Å²) in [6.45, 7) is 0. The summed E-state index contributed by atoms with van der Waals surface area (Å²) in [5, 5.41) is 23.6. The molecule has 0 aliphatic rings. The molecule has 34 heavy (non-hydrogen) atoms. The van der Waals surface area contributed by atoms with Gasteiger partial charge in [-0.3, -0.25) is 10.1 Å². The molecule has 0 atom stereocenters. The van der Waals surface area contributed by atoms with Crippen molar-refractivity contribution in [2.24, 2.45) is 0 Å². The molecule has 2 aromatic carbocycles. The first-order chi connectivity index (χ1) is 16.5. The molecule has 0 saturated heterocycles. The lowest BCUT2D eigenvalue weighted by atomic mass is 10.1. The third-order valence-electron chi connectivity index (χ3n) is 5.03. The predicted octanol–water partition coefficient (Wildman–Crippen LogP) is 6.15. The van der Waals surface area contributed by atoms with Gasteiger partial charge in [-0.15, -0.1) is 11.3 Å². The second kappa shape index (κ2) is 8.61. The summed E-state index contributed by atoms with van der Waals surface area (Å²) in [6, 6.07) is 20.4. The molecule has 0 N–H and O–H groups in total. The largest absolute Gasteiger partial charge is 0.457 e. The molecular weight excluding hydrogens is 454 g/mol. The number of fused-ring (bicyclic) bond motifs is 1. The predicted molar refractivity (Wildman–Crippen MR) is 128 cm³/mol. The van der Waals surface area contributed by atoms with Crippen LogP contribution in [0.25, 0.3) is 45.2 Å². The van der Waals surface area contributed by atoms with E-state index in [2.05, 4.69) is 11.1 Å². The maximum Gasteiger partial charge on any atom is 0.345 e. The highest BCUT2D eigenvalue weighted by Gasteiger charge is 2.15. The van der Waals surface area contributed by atoms with Crippen molar-refractivity contribution >= 4 is 39.6 Å². The van der Waals surface area contributed by atoms with Gasteiger partial charge in [-0.25, -0.2) is 9.78 Å². The van der Waals surface area contributed by atoms with Crippen LogP contribution in [0, 0.1) is 21.4 Å². The summed E-state index contributed by atoms with van der Waals surface area (Å²) in [5.41, 5.74) is 1.46. The second-order valence-electron chi connectivity index (χ2n) is 7.20. The molecule has 164 valence electrons. The summed E-state index contributed by atoms with van der Waals surface area (Å²) >= 11 is 1.22. The number of non-ortho nitro benzene ring substituents is 1. The molecule has 0 bridgehead atoms. The average Bonchev–Trinajstić information content (AvgIpc) is 3.52. The lowest BCUT2D eigenvalue weighted by Gasteiger charge is -1.99. The number of benzene rings is 2. The number of para-hydroxylation sites is 1. The fourth-order valence-corrected chi connectivity index (χ4v) is 4.19. The van der Waals surface area contributed by atoms with Crippen molar-refractivity contribution in [2.45, 2.75) is 0 Å². The molecule has 0 radical (unpaired) electrons. The lowest BCUT2D eigenvalue weighted by Crippen LogP contribution is -2.02. The molecule has 0 spiro atoms. The van der Waals surface area contributed by atoms with E-state index in [-0.39, 0.29) is 11.3 Å². The lowest BCUT2D eigenvalue weighted by molar-refractivity contribution is -0.384. The van der Waals surface area contributed by atoms with Gasteiger partial charge in [0.25, 0.3) is 5.69 Å². The summed E-state index contributed by atoms with van der Waals surface area (Å²) in [4.78, 5) is 27.4. The Bertz CT molecular complexity index is 1690. The Balaban J connectivity index is 1.46. The van der Waals surface area contributed by atoms with E-state index < -0.39 is 10.5 Å². The summed E-state index contributed by atoms with van der Waals surface area (Å²) < 4.78 is 11.2. The van der Waals surface area contributed by atoms with Crippen molar-refractivity contribution < 1.29 is 13.8 Å². The van der Waals surface area contributed by atoms with Crippen LogP contribution >= 0.6 is 11.3 Å². The number of nitrogens with zero attached hydrogens (tertiary/aromatic N) is 3. The molecule has 3 heterocycles. The first-order valence-electron chi connectivity index (χ1n) is 9.97. The van der Waals surface area contributed by atoms with E-state index in [0.717, 1.165) is 5.39 Å². The first-order valence-corrected chi connectivity index (χ1v) is 10.9. The molecule has 0 unspecified atom stereocenters. The summed E-state index contributed by atoms with van der Waals surface area (Å²) in [5.74, 6) is 0.820. The number of nitro benzene ring substituents is 1. The van der Waals surface area contributed by atoms with Gasteiger partial charge in [-0.05, 0) is 24.3 Å². The molecule has 5 aromatic rings. The monoisotopic (exact) mass is 467 g/mol. The Morgan fingerprint density at radius 2 is 1.94 bits per heavy atom. The molecule has 0 fully saturated rings. The normalized spacial score (nSPS) is 11.4. The highest BCUT2D eigenvalue weighted by atomic mass is 32.1. The minimum Gasteiger partial charge on any atom is -0.457 e. The SMILES string of the molecule is N#CC(=Cc1ccc(-c2cccc([N+](=O)[O-])c2)o1)c1nc(-c2cc3ccccc3oc2=O)cs1. The van der Waals surface area contributed by atoms with Gasteiger partial charge >= 0.3 is 5.63 Å². The zero-order valence-corrected chi connectivity index (χ0v) is 18.1. The topological polar surface area (TPSA) is 123 Å². The van der Waals surface area contributed by atoms with E-state index in [9.17, 15) is 20.2 Å². The number of nitriles is 1. The fourth-order valence-electron chi connectivity index (χ4n) is 3.40. The number of nitro groups is 1. The zero-order valence-electron chi connectivity index (χ0n) is 17.3. The Morgan fingerprint density at radius 3 is 2.76 bits per heavy atom. The van der Waals surface area contributed by atoms with Gasteiger partial charge < -0.3 is 8.83 Å². The van der Waals surface area contributed by atoms with Crippen molar-refractivity contribution in [3.8, 4) is 28.7 Å². The van der Waals surface area contributed by atoms with Crippen molar-refractivity contribution in [3.63, 3.8) is 0 Å². The number of furan rings is 1. The maximum absolute atomic E-state index is 12.4. The fraction of sp³-hybridized carbons (Fsp3) is 0. The van der Waals surface area contributed by atoms with E-state index in [1.54, 1.807) is 47.8 Å². The van der Waals surface area contributed by atoms with Crippen LogP contribution in [0.15, 0.2) is 85.7 Å². The van der Waals surface area contributed by atoms with Gasteiger partial charge in [-0.2, -0.15) is 5.26 Å². The van der Waals surface area contributed by atoms with Crippen LogP contribution in [0.5, 0.6) is 0 Å². The van der Waals surface area contributed by atoms with Crippen LogP contribution in [0.2, 0.25) is 0 Å². The Hall–Kier alpha value is -4.81. The Labute approximate surface area is 195 Å². The molecule has 0 amide bonds. The molecule has 9 heteroatoms. The zero-order chi connectivity index (χ0) is 23.7. The van der Waals surface area contributed by atoms with Crippen LogP contribution in [0.4, 0.5) is 5.69 Å². The van der Waals surface area contributed by atoms with Gasteiger partial charge in [0, 0.05) is 34.5 Å². The maximum atomic E-state index is 12.4. The highest BCUT2D eigenvalue weighted by molar-refractivity contribution is 7.11. The quantitative estimate of drug-likeness (QED) is 0.131. The molecule has 0 saturated carbocycles. The number of thiazole rings is 1. The Morgan fingerprint density at radius 1 is 1.09 bits per heavy atom. The Kier molecular flexibility index (Phi) is 5.33. The van der Waals surface area contributed by atoms with Crippen LogP contribution in [-0.2, 0) is 0 Å². The number of hydrogen-bond donors (Lipinski definition) is 0. The number of rotatable bonds is 5. The van der Waals surface area contributed by atoms with Crippen molar-refractivity contribution in [2.75, 3.05) is 0 Å². The summed E-state index contributed by atoms with van der Waals surface area (Å²) in [6.07, 6.45) is 1.53. The van der Waals surface area contributed by atoms with Crippen molar-refractivity contribution in [1.29, 1.82) is 5.26 Å². The van der Waals surface area contributed by atoms with Crippen LogP contribution < -0.4 is 5.63 Å². The van der Waals surface area contributed by atoms with E-state index in [1.165, 1.54) is 29.5 Å². The molecule has 3 aromatic heterocycles. The van der Waals surface area contributed by atoms with E-state index >= 15 is 0 Å². The number of allylic oxidation sites excluding steroid dienone is 1. The van der Waals surface area contributed by atoms with Crippen molar-refractivity contribution in [1.82, 2.24) is 4.98 Å². The van der Waals surface area contributed by atoms with E-state index in [4.69, 9.17) is 8.83 Å². The molecule has 5 rings (SSSR count). The third-order valence-corrected chi connectivity index (χ3v) is 5.90. The van der Waals surface area contributed by atoms with Gasteiger partial charge in [-0.1, -0.05) is 30.3 Å².